The van der Waals surface area contributed by atoms with Gasteiger partial charge >= 0.3 is 0 Å². The molecule has 0 amide bonds. The normalized spacial score (nSPS) is 24.9. The molecule has 4 nitrogen and oxygen atoms in total. The third-order valence-electron chi connectivity index (χ3n) is 4.65. The average Bonchev–Trinajstić information content (AvgIpc) is 2.98. The highest BCUT2D eigenvalue weighted by Gasteiger charge is 2.18. The molecular weight excluding hydrogens is 250 g/mol. The van der Waals surface area contributed by atoms with E-state index in [1.807, 2.05) is 12.5 Å². The topological polar surface area (TPSA) is 39.1 Å². The van der Waals surface area contributed by atoms with E-state index in [-0.39, 0.29) is 0 Å². The Balaban J connectivity index is 1.48. The number of piperidine rings is 1. The zero-order chi connectivity index (χ0) is 13.6. The fourth-order valence-corrected chi connectivity index (χ4v) is 3.46. The standard InChI is InChI=1S/C16H27N3O/c1-2-6-14(7-3-1)20-11-10-19-13-17-12-16(19)15-8-4-5-9-18-15/h12-15,18H,1-11H2. The maximum atomic E-state index is 6.03. The van der Waals surface area contributed by atoms with E-state index in [0.717, 1.165) is 19.7 Å². The number of nitrogens with zero attached hydrogens (tertiary/aromatic N) is 2. The largest absolute Gasteiger partial charge is 0.376 e. The van der Waals surface area contributed by atoms with Gasteiger partial charge < -0.3 is 14.6 Å². The lowest BCUT2D eigenvalue weighted by Crippen LogP contribution is -2.29. The molecule has 2 heterocycles. The first-order valence-corrected chi connectivity index (χ1v) is 8.28. The molecule has 1 aliphatic carbocycles. The summed E-state index contributed by atoms with van der Waals surface area (Å²) in [6.07, 6.45) is 14.9. The molecule has 2 aliphatic rings. The average molecular weight is 277 g/mol. The molecule has 1 atom stereocenters. The molecule has 1 saturated heterocycles. The minimum absolute atomic E-state index is 0.487. The van der Waals surface area contributed by atoms with Crippen molar-refractivity contribution < 1.29 is 4.74 Å². The van der Waals surface area contributed by atoms with Gasteiger partial charge in [-0.05, 0) is 32.2 Å². The smallest absolute Gasteiger partial charge is 0.0949 e. The third kappa shape index (κ3) is 3.61. The van der Waals surface area contributed by atoms with E-state index < -0.39 is 0 Å². The molecule has 0 radical (unpaired) electrons. The van der Waals surface area contributed by atoms with Crippen LogP contribution in [0.25, 0.3) is 0 Å². The highest BCUT2D eigenvalue weighted by molar-refractivity contribution is 5.06. The summed E-state index contributed by atoms with van der Waals surface area (Å²) in [6.45, 7) is 2.89. The summed E-state index contributed by atoms with van der Waals surface area (Å²) in [4.78, 5) is 4.33. The van der Waals surface area contributed by atoms with Gasteiger partial charge in [0.15, 0.2) is 0 Å². The molecule has 4 heteroatoms. The number of imidazole rings is 1. The molecule has 1 unspecified atom stereocenters. The van der Waals surface area contributed by atoms with Gasteiger partial charge in [-0.1, -0.05) is 25.7 Å². The van der Waals surface area contributed by atoms with Crippen molar-refractivity contribution in [2.24, 2.45) is 0 Å². The van der Waals surface area contributed by atoms with Crippen LogP contribution < -0.4 is 5.32 Å². The number of hydrogen-bond donors (Lipinski definition) is 1. The van der Waals surface area contributed by atoms with E-state index in [1.54, 1.807) is 0 Å². The van der Waals surface area contributed by atoms with Crippen LogP contribution in [0.4, 0.5) is 0 Å². The summed E-state index contributed by atoms with van der Waals surface area (Å²) in [5.41, 5.74) is 1.33. The van der Waals surface area contributed by atoms with Crippen molar-refractivity contribution in [2.75, 3.05) is 13.2 Å². The summed E-state index contributed by atoms with van der Waals surface area (Å²) in [6, 6.07) is 0.487. The first-order valence-electron chi connectivity index (χ1n) is 8.28. The number of ether oxygens (including phenoxy) is 1. The van der Waals surface area contributed by atoms with Crippen LogP contribution in [0, 0.1) is 0 Å². The highest BCUT2D eigenvalue weighted by atomic mass is 16.5. The first-order chi connectivity index (χ1) is 9.93. The number of aromatic nitrogens is 2. The molecule has 0 bridgehead atoms. The van der Waals surface area contributed by atoms with Crippen molar-refractivity contribution in [3.05, 3.63) is 18.2 Å². The second kappa shape index (κ2) is 7.23. The zero-order valence-corrected chi connectivity index (χ0v) is 12.4. The van der Waals surface area contributed by atoms with Gasteiger partial charge in [0.05, 0.1) is 24.7 Å². The van der Waals surface area contributed by atoms with Crippen molar-refractivity contribution in [1.29, 1.82) is 0 Å². The number of rotatable bonds is 5. The van der Waals surface area contributed by atoms with E-state index in [4.69, 9.17) is 4.74 Å². The van der Waals surface area contributed by atoms with Crippen molar-refractivity contribution in [1.82, 2.24) is 14.9 Å². The van der Waals surface area contributed by atoms with Crippen LogP contribution >= 0.6 is 0 Å². The quantitative estimate of drug-likeness (QED) is 0.899. The van der Waals surface area contributed by atoms with Crippen molar-refractivity contribution in [3.63, 3.8) is 0 Å². The van der Waals surface area contributed by atoms with Gasteiger partial charge in [0.1, 0.15) is 0 Å². The molecule has 112 valence electrons. The molecule has 20 heavy (non-hydrogen) atoms. The number of nitrogens with one attached hydrogen (secondary N) is 1. The second-order valence-corrected chi connectivity index (χ2v) is 6.15. The summed E-state index contributed by atoms with van der Waals surface area (Å²) >= 11 is 0. The summed E-state index contributed by atoms with van der Waals surface area (Å²) in [5.74, 6) is 0. The van der Waals surface area contributed by atoms with Gasteiger partial charge in [-0.3, -0.25) is 0 Å². The Bertz CT molecular complexity index is 392. The predicted octanol–water partition coefficient (Wildman–Crippen LogP) is 3.05. The van der Waals surface area contributed by atoms with E-state index in [9.17, 15) is 0 Å². The van der Waals surface area contributed by atoms with Crippen LogP contribution in [0.5, 0.6) is 0 Å². The van der Waals surface area contributed by atoms with Crippen LogP contribution in [0.2, 0.25) is 0 Å². The molecule has 1 aliphatic heterocycles. The zero-order valence-electron chi connectivity index (χ0n) is 12.4. The van der Waals surface area contributed by atoms with Crippen molar-refractivity contribution >= 4 is 0 Å². The van der Waals surface area contributed by atoms with Crippen LogP contribution in [0.15, 0.2) is 12.5 Å². The maximum Gasteiger partial charge on any atom is 0.0949 e. The van der Waals surface area contributed by atoms with E-state index in [2.05, 4.69) is 14.9 Å². The lowest BCUT2D eigenvalue weighted by Gasteiger charge is -2.25. The molecule has 1 N–H and O–H groups in total. The molecular formula is C16H27N3O. The fraction of sp³-hybridized carbons (Fsp3) is 0.812. The molecule has 0 spiro atoms. The van der Waals surface area contributed by atoms with Gasteiger partial charge in [-0.15, -0.1) is 0 Å². The Labute approximate surface area is 121 Å². The highest BCUT2D eigenvalue weighted by Crippen LogP contribution is 2.23. The second-order valence-electron chi connectivity index (χ2n) is 6.15. The van der Waals surface area contributed by atoms with E-state index in [0.29, 0.717) is 12.1 Å². The lowest BCUT2D eigenvalue weighted by molar-refractivity contribution is 0.0236. The molecule has 3 rings (SSSR count). The Kier molecular flexibility index (Phi) is 5.09. The number of hydrogen-bond acceptors (Lipinski definition) is 3. The Morgan fingerprint density at radius 2 is 2.00 bits per heavy atom. The van der Waals surface area contributed by atoms with Gasteiger partial charge in [-0.2, -0.15) is 0 Å². The SMILES string of the molecule is c1ncn(CCOC2CCCCC2)c1C1CCCCN1. The van der Waals surface area contributed by atoms with Gasteiger partial charge in [0.25, 0.3) is 0 Å². The molecule has 1 saturated carbocycles. The summed E-state index contributed by atoms with van der Waals surface area (Å²) in [7, 11) is 0. The van der Waals surface area contributed by atoms with Gasteiger partial charge in [0, 0.05) is 18.8 Å². The molecule has 0 aromatic carbocycles. The fourth-order valence-electron chi connectivity index (χ4n) is 3.46. The predicted molar refractivity (Wildman–Crippen MR) is 79.6 cm³/mol. The monoisotopic (exact) mass is 277 g/mol. The van der Waals surface area contributed by atoms with Gasteiger partial charge in [0.2, 0.25) is 0 Å². The summed E-state index contributed by atoms with van der Waals surface area (Å²) < 4.78 is 8.30. The molecule has 1 aromatic heterocycles. The Hall–Kier alpha value is -0.870. The van der Waals surface area contributed by atoms with Gasteiger partial charge in [-0.25, -0.2) is 4.98 Å². The summed E-state index contributed by atoms with van der Waals surface area (Å²) in [5, 5.41) is 3.60. The minimum Gasteiger partial charge on any atom is -0.376 e. The lowest BCUT2D eigenvalue weighted by atomic mass is 9.98. The van der Waals surface area contributed by atoms with Crippen molar-refractivity contribution in [3.8, 4) is 0 Å². The van der Waals surface area contributed by atoms with Crippen LogP contribution in [0.1, 0.15) is 63.1 Å². The van der Waals surface area contributed by atoms with Crippen LogP contribution in [0.3, 0.4) is 0 Å². The first kappa shape index (κ1) is 14.1. The Morgan fingerprint density at radius 3 is 2.80 bits per heavy atom. The van der Waals surface area contributed by atoms with E-state index >= 15 is 0 Å². The molecule has 2 fully saturated rings. The molecule has 1 aromatic rings. The van der Waals surface area contributed by atoms with E-state index in [1.165, 1.54) is 57.1 Å². The van der Waals surface area contributed by atoms with Crippen LogP contribution in [-0.2, 0) is 11.3 Å². The Morgan fingerprint density at radius 1 is 1.15 bits per heavy atom. The third-order valence-corrected chi connectivity index (χ3v) is 4.65. The maximum absolute atomic E-state index is 6.03. The van der Waals surface area contributed by atoms with Crippen molar-refractivity contribution in [2.45, 2.75) is 70.1 Å². The van der Waals surface area contributed by atoms with Crippen LogP contribution in [-0.4, -0.2) is 28.8 Å². The minimum atomic E-state index is 0.487.